The van der Waals surface area contributed by atoms with Crippen LogP contribution in [0.25, 0.3) is 0 Å². The molecule has 0 aliphatic heterocycles. The summed E-state index contributed by atoms with van der Waals surface area (Å²) in [5.74, 6) is 6.17. The Morgan fingerprint density at radius 1 is 1.26 bits per heavy atom. The van der Waals surface area contributed by atoms with Crippen molar-refractivity contribution >= 4 is 23.4 Å². The summed E-state index contributed by atoms with van der Waals surface area (Å²) in [6.45, 7) is 2.79. The number of aromatic nitrogens is 2. The summed E-state index contributed by atoms with van der Waals surface area (Å²) in [7, 11) is 0. The van der Waals surface area contributed by atoms with Gasteiger partial charge in [0.2, 0.25) is 5.95 Å². The zero-order valence-corrected chi connectivity index (χ0v) is 11.4. The first-order chi connectivity index (χ1) is 9.24. The minimum atomic E-state index is 0.329. The van der Waals surface area contributed by atoms with E-state index in [2.05, 4.69) is 39.8 Å². The van der Waals surface area contributed by atoms with Crippen molar-refractivity contribution in [3.8, 4) is 0 Å². The lowest BCUT2D eigenvalue weighted by molar-refractivity contribution is 1.02. The van der Waals surface area contributed by atoms with Crippen LogP contribution in [0.1, 0.15) is 18.1 Å². The minimum absolute atomic E-state index is 0.329. The van der Waals surface area contributed by atoms with Crippen molar-refractivity contribution < 1.29 is 0 Å². The van der Waals surface area contributed by atoms with Crippen LogP contribution >= 0.6 is 11.6 Å². The third-order valence-corrected chi connectivity index (χ3v) is 3.10. The fraction of sp³-hybridized carbons (Fsp3) is 0.231. The van der Waals surface area contributed by atoms with Crippen LogP contribution < -0.4 is 16.6 Å². The fourth-order valence-corrected chi connectivity index (χ4v) is 1.97. The van der Waals surface area contributed by atoms with E-state index in [-0.39, 0.29) is 0 Å². The second-order valence-corrected chi connectivity index (χ2v) is 4.42. The summed E-state index contributed by atoms with van der Waals surface area (Å²) in [5.41, 5.74) is 4.92. The van der Waals surface area contributed by atoms with E-state index >= 15 is 0 Å². The second kappa shape index (κ2) is 6.36. The number of benzene rings is 1. The molecule has 5 nitrogen and oxygen atoms in total. The van der Waals surface area contributed by atoms with Crippen molar-refractivity contribution in [2.24, 2.45) is 5.84 Å². The monoisotopic (exact) mass is 277 g/mol. The first-order valence-corrected chi connectivity index (χ1v) is 6.42. The average Bonchev–Trinajstić information content (AvgIpc) is 2.46. The molecule has 2 aromatic rings. The van der Waals surface area contributed by atoms with Crippen molar-refractivity contribution in [3.63, 3.8) is 0 Å². The molecule has 2 rings (SSSR count). The largest absolute Gasteiger partial charge is 0.365 e. The maximum Gasteiger partial charge on any atom is 0.239 e. The molecule has 0 fully saturated rings. The fourth-order valence-electron chi connectivity index (χ4n) is 1.81. The molecule has 1 heterocycles. The van der Waals surface area contributed by atoms with Gasteiger partial charge < -0.3 is 5.32 Å². The van der Waals surface area contributed by atoms with Crippen LogP contribution in [-0.4, -0.2) is 9.97 Å². The minimum Gasteiger partial charge on any atom is -0.365 e. The van der Waals surface area contributed by atoms with Gasteiger partial charge in [0.05, 0.1) is 6.20 Å². The average molecular weight is 278 g/mol. The number of aryl methyl sites for hydroxylation is 1. The van der Waals surface area contributed by atoms with Crippen LogP contribution in [0.5, 0.6) is 0 Å². The predicted molar refractivity (Wildman–Crippen MR) is 78.0 cm³/mol. The van der Waals surface area contributed by atoms with Gasteiger partial charge in [-0.3, -0.25) is 5.43 Å². The number of hydrogen-bond donors (Lipinski definition) is 3. The van der Waals surface area contributed by atoms with E-state index < -0.39 is 0 Å². The molecule has 1 aromatic heterocycles. The summed E-state index contributed by atoms with van der Waals surface area (Å²) in [6, 6.07) is 8.26. The lowest BCUT2D eigenvalue weighted by Crippen LogP contribution is -2.12. The van der Waals surface area contributed by atoms with E-state index in [0.717, 1.165) is 6.42 Å². The van der Waals surface area contributed by atoms with Gasteiger partial charge in [0.15, 0.2) is 5.82 Å². The number of nitrogen functional groups attached to an aromatic ring is 1. The number of halogens is 1. The van der Waals surface area contributed by atoms with Gasteiger partial charge in [-0.25, -0.2) is 10.8 Å². The summed E-state index contributed by atoms with van der Waals surface area (Å²) in [5, 5.41) is 3.67. The van der Waals surface area contributed by atoms with E-state index in [0.29, 0.717) is 23.3 Å². The normalized spacial score (nSPS) is 10.3. The Kier molecular flexibility index (Phi) is 4.54. The first-order valence-electron chi connectivity index (χ1n) is 6.04. The zero-order valence-electron chi connectivity index (χ0n) is 10.7. The van der Waals surface area contributed by atoms with E-state index in [4.69, 9.17) is 17.4 Å². The maximum absolute atomic E-state index is 6.04. The molecule has 0 amide bonds. The number of anilines is 2. The van der Waals surface area contributed by atoms with Gasteiger partial charge in [-0.05, 0) is 17.5 Å². The van der Waals surface area contributed by atoms with Gasteiger partial charge in [0.25, 0.3) is 0 Å². The highest BCUT2D eigenvalue weighted by Gasteiger charge is 2.05. The van der Waals surface area contributed by atoms with Crippen LogP contribution in [0, 0.1) is 0 Å². The molecule has 0 aliphatic carbocycles. The predicted octanol–water partition coefficient (Wildman–Crippen LogP) is 2.59. The Hall–Kier alpha value is -1.85. The van der Waals surface area contributed by atoms with Gasteiger partial charge in [-0.1, -0.05) is 42.8 Å². The number of hydrogen-bond acceptors (Lipinski definition) is 5. The number of hydrazine groups is 1. The molecule has 0 bridgehead atoms. The molecule has 100 valence electrons. The molecule has 4 N–H and O–H groups in total. The molecule has 0 aliphatic rings. The van der Waals surface area contributed by atoms with Crippen LogP contribution in [0.15, 0.2) is 30.5 Å². The third kappa shape index (κ3) is 3.33. The number of rotatable bonds is 5. The van der Waals surface area contributed by atoms with Crippen LogP contribution in [-0.2, 0) is 13.0 Å². The van der Waals surface area contributed by atoms with Gasteiger partial charge in [-0.2, -0.15) is 4.98 Å². The van der Waals surface area contributed by atoms with Crippen LogP contribution in [0.2, 0.25) is 5.02 Å². The summed E-state index contributed by atoms with van der Waals surface area (Å²) >= 11 is 6.04. The Balaban J connectivity index is 2.14. The van der Waals surface area contributed by atoms with Crippen molar-refractivity contribution in [1.29, 1.82) is 0 Å². The molecule has 6 heteroatoms. The number of nitrogens with two attached hydrogens (primary N) is 1. The third-order valence-electron chi connectivity index (χ3n) is 2.82. The second-order valence-electron chi connectivity index (χ2n) is 4.01. The Bertz CT molecular complexity index is 558. The summed E-state index contributed by atoms with van der Waals surface area (Å²) < 4.78 is 0. The van der Waals surface area contributed by atoms with Crippen molar-refractivity contribution in [2.45, 2.75) is 19.9 Å². The first kappa shape index (κ1) is 13.6. The highest BCUT2D eigenvalue weighted by Crippen LogP contribution is 2.20. The standard InChI is InChI=1S/C13H16ClN5/c1-2-9-5-3-4-6-10(9)7-16-12-11(14)8-17-13(18-12)19-15/h3-6,8H,2,7,15H2,1H3,(H2,16,17,18,19). The Morgan fingerprint density at radius 2 is 2.00 bits per heavy atom. The number of nitrogens with zero attached hydrogens (tertiary/aromatic N) is 2. The Labute approximate surface area is 117 Å². The Morgan fingerprint density at radius 3 is 2.68 bits per heavy atom. The van der Waals surface area contributed by atoms with E-state index in [1.165, 1.54) is 17.3 Å². The van der Waals surface area contributed by atoms with Crippen LogP contribution in [0.3, 0.4) is 0 Å². The molecule has 0 atom stereocenters. The van der Waals surface area contributed by atoms with Gasteiger partial charge in [0, 0.05) is 6.54 Å². The summed E-state index contributed by atoms with van der Waals surface area (Å²) in [6.07, 6.45) is 2.50. The van der Waals surface area contributed by atoms with Gasteiger partial charge in [0.1, 0.15) is 5.02 Å². The molecule has 0 spiro atoms. The molecular formula is C13H16ClN5. The summed E-state index contributed by atoms with van der Waals surface area (Å²) in [4.78, 5) is 8.10. The van der Waals surface area contributed by atoms with E-state index in [1.54, 1.807) is 0 Å². The lowest BCUT2D eigenvalue weighted by Gasteiger charge is -2.11. The molecule has 1 aromatic carbocycles. The molecule has 0 unspecified atom stereocenters. The van der Waals surface area contributed by atoms with Crippen molar-refractivity contribution in [1.82, 2.24) is 9.97 Å². The van der Waals surface area contributed by atoms with E-state index in [1.807, 2.05) is 12.1 Å². The molecule has 0 saturated heterocycles. The highest BCUT2D eigenvalue weighted by molar-refractivity contribution is 6.32. The molecule has 0 saturated carbocycles. The highest BCUT2D eigenvalue weighted by atomic mass is 35.5. The zero-order chi connectivity index (χ0) is 13.7. The van der Waals surface area contributed by atoms with Gasteiger partial charge in [-0.15, -0.1) is 0 Å². The number of nitrogens with one attached hydrogen (secondary N) is 2. The van der Waals surface area contributed by atoms with Crippen molar-refractivity contribution in [2.75, 3.05) is 10.7 Å². The SMILES string of the molecule is CCc1ccccc1CNc1nc(NN)ncc1Cl. The quantitative estimate of drug-likeness (QED) is 0.578. The van der Waals surface area contributed by atoms with Crippen molar-refractivity contribution in [3.05, 3.63) is 46.6 Å². The van der Waals surface area contributed by atoms with Gasteiger partial charge >= 0.3 is 0 Å². The van der Waals surface area contributed by atoms with E-state index in [9.17, 15) is 0 Å². The lowest BCUT2D eigenvalue weighted by atomic mass is 10.1. The molecular weight excluding hydrogens is 262 g/mol. The maximum atomic E-state index is 6.04. The molecule has 19 heavy (non-hydrogen) atoms. The topological polar surface area (TPSA) is 75.9 Å². The molecule has 0 radical (unpaired) electrons. The van der Waals surface area contributed by atoms with Crippen LogP contribution in [0.4, 0.5) is 11.8 Å². The smallest absolute Gasteiger partial charge is 0.239 e.